The molecular formula is C25H21ClFN5O. The van der Waals surface area contributed by atoms with Crippen LogP contribution in [0.15, 0.2) is 84.9 Å². The van der Waals surface area contributed by atoms with E-state index in [2.05, 4.69) is 38.9 Å². The number of nitrogens with one attached hydrogen (secondary N) is 2. The monoisotopic (exact) mass is 461 g/mol. The van der Waals surface area contributed by atoms with E-state index < -0.39 is 11.7 Å². The molecule has 166 valence electrons. The van der Waals surface area contributed by atoms with Gasteiger partial charge in [-0.05, 0) is 36.3 Å². The van der Waals surface area contributed by atoms with Gasteiger partial charge in [-0.15, -0.1) is 17.5 Å². The van der Waals surface area contributed by atoms with Gasteiger partial charge in [-0.25, -0.2) is 9.07 Å². The van der Waals surface area contributed by atoms with Gasteiger partial charge < -0.3 is 5.32 Å². The van der Waals surface area contributed by atoms with Crippen LogP contribution in [0, 0.1) is 12.7 Å². The number of amides is 1. The van der Waals surface area contributed by atoms with Crippen molar-refractivity contribution < 1.29 is 9.18 Å². The zero-order valence-corrected chi connectivity index (χ0v) is 18.5. The minimum atomic E-state index is -0.603. The summed E-state index contributed by atoms with van der Waals surface area (Å²) in [6, 6.07) is 23.7. The van der Waals surface area contributed by atoms with Crippen LogP contribution in [0.2, 0.25) is 0 Å². The summed E-state index contributed by atoms with van der Waals surface area (Å²) in [5.74, 6) is -0.618. The molecule has 8 heteroatoms. The zero-order chi connectivity index (χ0) is 22.1. The molecule has 0 bridgehead atoms. The SMILES string of the molecule is Cc1ccc(C2=CC(c3ccccc3)n3nc(NC(=O)c4ccccc4F)nc3N2)cc1.Cl. The van der Waals surface area contributed by atoms with E-state index in [1.54, 1.807) is 10.7 Å². The Hall–Kier alpha value is -3.97. The summed E-state index contributed by atoms with van der Waals surface area (Å²) in [7, 11) is 0. The lowest BCUT2D eigenvalue weighted by Gasteiger charge is -2.24. The Morgan fingerprint density at radius 3 is 2.42 bits per heavy atom. The summed E-state index contributed by atoms with van der Waals surface area (Å²) in [6.45, 7) is 2.04. The molecule has 1 aliphatic heterocycles. The van der Waals surface area contributed by atoms with Gasteiger partial charge in [0.15, 0.2) is 0 Å². The van der Waals surface area contributed by atoms with Crippen LogP contribution in [-0.4, -0.2) is 20.7 Å². The molecule has 4 aromatic rings. The molecule has 0 saturated carbocycles. The maximum atomic E-state index is 14.0. The molecule has 5 rings (SSSR count). The highest BCUT2D eigenvalue weighted by atomic mass is 35.5. The number of hydrogen-bond acceptors (Lipinski definition) is 4. The lowest BCUT2D eigenvalue weighted by Crippen LogP contribution is -2.20. The molecule has 2 heterocycles. The van der Waals surface area contributed by atoms with Crippen molar-refractivity contribution in [1.29, 1.82) is 0 Å². The van der Waals surface area contributed by atoms with Crippen molar-refractivity contribution in [2.75, 3.05) is 10.6 Å². The van der Waals surface area contributed by atoms with Crippen LogP contribution in [-0.2, 0) is 0 Å². The Labute approximate surface area is 196 Å². The van der Waals surface area contributed by atoms with Crippen LogP contribution in [0.4, 0.5) is 16.3 Å². The third kappa shape index (κ3) is 4.49. The Morgan fingerprint density at radius 1 is 1.00 bits per heavy atom. The smallest absolute Gasteiger partial charge is 0.261 e. The first-order valence-corrected chi connectivity index (χ1v) is 10.2. The lowest BCUT2D eigenvalue weighted by molar-refractivity contribution is 0.102. The largest absolute Gasteiger partial charge is 0.324 e. The number of hydrogen-bond donors (Lipinski definition) is 2. The number of allylic oxidation sites excluding steroid dienone is 1. The average molecular weight is 462 g/mol. The average Bonchev–Trinajstić information content (AvgIpc) is 3.22. The van der Waals surface area contributed by atoms with Gasteiger partial charge in [-0.3, -0.25) is 10.1 Å². The van der Waals surface area contributed by atoms with E-state index in [0.29, 0.717) is 5.95 Å². The summed E-state index contributed by atoms with van der Waals surface area (Å²) >= 11 is 0. The number of rotatable bonds is 4. The van der Waals surface area contributed by atoms with Gasteiger partial charge in [0.2, 0.25) is 5.95 Å². The van der Waals surface area contributed by atoms with Crippen molar-refractivity contribution in [3.05, 3.63) is 113 Å². The molecule has 0 radical (unpaired) electrons. The van der Waals surface area contributed by atoms with Crippen LogP contribution in [0.5, 0.6) is 0 Å². The summed E-state index contributed by atoms with van der Waals surface area (Å²) in [6.07, 6.45) is 2.07. The molecule has 33 heavy (non-hydrogen) atoms. The van der Waals surface area contributed by atoms with Crippen LogP contribution in [0.3, 0.4) is 0 Å². The maximum absolute atomic E-state index is 14.0. The molecule has 1 unspecified atom stereocenters. The van der Waals surface area contributed by atoms with Gasteiger partial charge >= 0.3 is 0 Å². The standard InChI is InChI=1S/C25H20FN5O.ClH/c1-16-11-13-17(14-12-16)21-15-22(18-7-3-2-4-8-18)31-25(27-21)29-24(30-31)28-23(32)19-9-5-6-10-20(19)26;/h2-15,22H,1H3,(H2,27,28,29,30,32);1H. The Bertz CT molecular complexity index is 1320. The van der Waals surface area contributed by atoms with E-state index in [4.69, 9.17) is 0 Å². The van der Waals surface area contributed by atoms with Gasteiger partial charge in [0.05, 0.1) is 5.56 Å². The Morgan fingerprint density at radius 2 is 1.70 bits per heavy atom. The predicted octanol–water partition coefficient (Wildman–Crippen LogP) is 5.46. The fourth-order valence-electron chi connectivity index (χ4n) is 3.65. The van der Waals surface area contributed by atoms with E-state index in [1.165, 1.54) is 23.8 Å². The molecule has 2 N–H and O–H groups in total. The minimum Gasteiger partial charge on any atom is -0.324 e. The molecule has 1 aliphatic rings. The number of carbonyl (C=O) groups is 1. The molecule has 1 atom stereocenters. The van der Waals surface area contributed by atoms with Gasteiger partial charge in [0.25, 0.3) is 11.9 Å². The molecule has 0 spiro atoms. The number of aromatic nitrogens is 3. The minimum absolute atomic E-state index is 0. The van der Waals surface area contributed by atoms with Crippen LogP contribution < -0.4 is 10.6 Å². The number of halogens is 2. The van der Waals surface area contributed by atoms with Gasteiger partial charge in [0.1, 0.15) is 11.9 Å². The molecule has 0 aliphatic carbocycles. The molecule has 1 aromatic heterocycles. The fourth-order valence-corrected chi connectivity index (χ4v) is 3.65. The fraction of sp³-hybridized carbons (Fsp3) is 0.0800. The number of carbonyl (C=O) groups excluding carboxylic acids is 1. The van der Waals surface area contributed by atoms with Crippen molar-refractivity contribution in [3.8, 4) is 0 Å². The summed E-state index contributed by atoms with van der Waals surface area (Å²) < 4.78 is 15.7. The van der Waals surface area contributed by atoms with E-state index in [1.807, 2.05) is 49.4 Å². The van der Waals surface area contributed by atoms with Gasteiger partial charge in [-0.1, -0.05) is 72.3 Å². The maximum Gasteiger partial charge on any atom is 0.261 e. The first-order chi connectivity index (χ1) is 15.6. The Balaban J connectivity index is 0.00000259. The van der Waals surface area contributed by atoms with Crippen molar-refractivity contribution in [2.24, 2.45) is 0 Å². The summed E-state index contributed by atoms with van der Waals surface area (Å²) in [5, 5.41) is 10.4. The first-order valence-electron chi connectivity index (χ1n) is 10.2. The second kappa shape index (κ2) is 9.26. The third-order valence-corrected chi connectivity index (χ3v) is 5.31. The van der Waals surface area contributed by atoms with Gasteiger partial charge in [-0.2, -0.15) is 4.98 Å². The molecular weight excluding hydrogens is 441 g/mol. The third-order valence-electron chi connectivity index (χ3n) is 5.31. The molecule has 3 aromatic carbocycles. The topological polar surface area (TPSA) is 71.8 Å². The van der Waals surface area contributed by atoms with E-state index in [-0.39, 0.29) is 30.0 Å². The zero-order valence-electron chi connectivity index (χ0n) is 17.7. The number of aryl methyl sites for hydroxylation is 1. The van der Waals surface area contributed by atoms with Crippen LogP contribution >= 0.6 is 12.4 Å². The number of nitrogens with zero attached hydrogens (tertiary/aromatic N) is 3. The number of benzene rings is 3. The highest BCUT2D eigenvalue weighted by Crippen LogP contribution is 2.33. The van der Waals surface area contributed by atoms with Crippen molar-refractivity contribution in [1.82, 2.24) is 14.8 Å². The molecule has 6 nitrogen and oxygen atoms in total. The van der Waals surface area contributed by atoms with Gasteiger partial charge in [0, 0.05) is 5.70 Å². The highest BCUT2D eigenvalue weighted by molar-refractivity contribution is 6.03. The van der Waals surface area contributed by atoms with Crippen molar-refractivity contribution >= 4 is 35.9 Å². The molecule has 1 amide bonds. The predicted molar refractivity (Wildman–Crippen MR) is 129 cm³/mol. The van der Waals surface area contributed by atoms with E-state index in [9.17, 15) is 9.18 Å². The lowest BCUT2D eigenvalue weighted by atomic mass is 10.0. The molecule has 0 saturated heterocycles. The van der Waals surface area contributed by atoms with E-state index >= 15 is 0 Å². The van der Waals surface area contributed by atoms with Crippen LogP contribution in [0.1, 0.15) is 33.1 Å². The normalized spacial score (nSPS) is 14.4. The quantitative estimate of drug-likeness (QED) is 0.423. The molecule has 0 fully saturated rings. The number of fused-ring (bicyclic) bond motifs is 1. The van der Waals surface area contributed by atoms with E-state index in [0.717, 1.165) is 16.8 Å². The van der Waals surface area contributed by atoms with Crippen molar-refractivity contribution in [3.63, 3.8) is 0 Å². The summed E-state index contributed by atoms with van der Waals surface area (Å²) in [5.41, 5.74) is 4.04. The summed E-state index contributed by atoms with van der Waals surface area (Å²) in [4.78, 5) is 17.0. The highest BCUT2D eigenvalue weighted by Gasteiger charge is 2.26. The first kappa shape index (κ1) is 22.2. The Kier molecular flexibility index (Phi) is 6.24. The van der Waals surface area contributed by atoms with Crippen molar-refractivity contribution in [2.45, 2.75) is 13.0 Å². The van der Waals surface area contributed by atoms with Crippen LogP contribution in [0.25, 0.3) is 5.70 Å². The second-order valence-electron chi connectivity index (χ2n) is 7.56. The number of anilines is 2. The second-order valence-corrected chi connectivity index (χ2v) is 7.56.